The molecular formula is C19H19N3O5. The molecule has 0 radical (unpaired) electrons. The number of aromatic nitrogens is 1. The summed E-state index contributed by atoms with van der Waals surface area (Å²) in [7, 11) is 1.51. The molecule has 0 atom stereocenters. The first kappa shape index (κ1) is 18.4. The van der Waals surface area contributed by atoms with E-state index in [1.165, 1.54) is 25.4 Å². The van der Waals surface area contributed by atoms with Gasteiger partial charge in [-0.3, -0.25) is 14.9 Å². The zero-order chi connectivity index (χ0) is 19.2. The fraction of sp³-hybridized carbons (Fsp3) is 0.263. The summed E-state index contributed by atoms with van der Waals surface area (Å²) in [6.07, 6.45) is 3.62. The van der Waals surface area contributed by atoms with Gasteiger partial charge in [-0.25, -0.2) is 9.78 Å². The van der Waals surface area contributed by atoms with Gasteiger partial charge >= 0.3 is 5.97 Å². The summed E-state index contributed by atoms with van der Waals surface area (Å²) >= 11 is 0. The van der Waals surface area contributed by atoms with Gasteiger partial charge in [-0.05, 0) is 49.2 Å². The number of nitrogens with one attached hydrogen (secondary N) is 2. The zero-order valence-corrected chi connectivity index (χ0v) is 14.7. The lowest BCUT2D eigenvalue weighted by Gasteiger charge is -2.07. The van der Waals surface area contributed by atoms with E-state index in [0.717, 1.165) is 12.8 Å². The van der Waals surface area contributed by atoms with E-state index in [-0.39, 0.29) is 5.56 Å². The molecular weight excluding hydrogens is 350 g/mol. The number of carbonyl (C=O) groups is 3. The summed E-state index contributed by atoms with van der Waals surface area (Å²) in [5, 5.41) is 5.36. The summed E-state index contributed by atoms with van der Waals surface area (Å²) in [4.78, 5) is 39.9. The minimum Gasteiger partial charge on any atom is -0.497 e. The van der Waals surface area contributed by atoms with Crippen molar-refractivity contribution >= 4 is 23.6 Å². The van der Waals surface area contributed by atoms with E-state index in [1.807, 2.05) is 0 Å². The van der Waals surface area contributed by atoms with Crippen LogP contribution in [0.25, 0.3) is 0 Å². The van der Waals surface area contributed by atoms with Crippen LogP contribution in [0.15, 0.2) is 42.6 Å². The normalized spacial score (nSPS) is 12.8. The SMILES string of the molecule is COc1ccc(C(=O)NC(=O)COC(=O)c2ccc(NC3CC3)nc2)cc1. The molecule has 27 heavy (non-hydrogen) atoms. The number of methoxy groups -OCH3 is 1. The van der Waals surface area contributed by atoms with Crippen LogP contribution in [-0.2, 0) is 9.53 Å². The van der Waals surface area contributed by atoms with Crippen LogP contribution in [-0.4, -0.2) is 42.5 Å². The lowest BCUT2D eigenvalue weighted by atomic mass is 10.2. The third-order valence-electron chi connectivity index (χ3n) is 3.87. The van der Waals surface area contributed by atoms with Gasteiger partial charge < -0.3 is 14.8 Å². The standard InChI is InChI=1S/C19H19N3O5/c1-26-15-7-2-12(3-8-15)18(24)22-17(23)11-27-19(25)13-4-9-16(20-10-13)21-14-5-6-14/h2-4,7-10,14H,5-6,11H2,1H3,(H,20,21)(H,22,23,24). The van der Waals surface area contributed by atoms with E-state index in [4.69, 9.17) is 9.47 Å². The van der Waals surface area contributed by atoms with Crippen molar-refractivity contribution in [3.05, 3.63) is 53.7 Å². The van der Waals surface area contributed by atoms with Gasteiger partial charge in [-0.2, -0.15) is 0 Å². The summed E-state index contributed by atoms with van der Waals surface area (Å²) < 4.78 is 9.91. The molecule has 0 saturated heterocycles. The summed E-state index contributed by atoms with van der Waals surface area (Å²) in [6.45, 7) is -0.567. The van der Waals surface area contributed by atoms with E-state index in [1.54, 1.807) is 24.3 Å². The van der Waals surface area contributed by atoms with Crippen LogP contribution in [0.2, 0.25) is 0 Å². The topological polar surface area (TPSA) is 107 Å². The van der Waals surface area contributed by atoms with E-state index >= 15 is 0 Å². The van der Waals surface area contributed by atoms with Gasteiger partial charge in [0.1, 0.15) is 11.6 Å². The molecule has 0 bridgehead atoms. The minimum atomic E-state index is -0.718. The lowest BCUT2D eigenvalue weighted by Crippen LogP contribution is -2.34. The first-order chi connectivity index (χ1) is 13.0. The Morgan fingerprint density at radius 2 is 1.78 bits per heavy atom. The Bertz CT molecular complexity index is 829. The second-order valence-electron chi connectivity index (χ2n) is 6.03. The number of pyridine rings is 1. The molecule has 1 fully saturated rings. The molecule has 140 valence electrons. The van der Waals surface area contributed by atoms with Gasteiger partial charge in [0.15, 0.2) is 6.61 Å². The predicted octanol–water partition coefficient (Wildman–Crippen LogP) is 1.78. The van der Waals surface area contributed by atoms with Crippen molar-refractivity contribution in [3.8, 4) is 5.75 Å². The molecule has 1 aliphatic rings. The van der Waals surface area contributed by atoms with Crippen molar-refractivity contribution in [1.29, 1.82) is 0 Å². The van der Waals surface area contributed by atoms with Crippen LogP contribution in [0.3, 0.4) is 0 Å². The van der Waals surface area contributed by atoms with E-state index < -0.39 is 24.4 Å². The molecule has 3 rings (SSSR count). The smallest absolute Gasteiger partial charge is 0.340 e. The van der Waals surface area contributed by atoms with Gasteiger partial charge in [0.2, 0.25) is 0 Å². The number of esters is 1. The number of imide groups is 1. The Hall–Kier alpha value is -3.42. The second kappa shape index (κ2) is 8.31. The number of hydrogen-bond donors (Lipinski definition) is 2. The third kappa shape index (κ3) is 5.27. The number of benzene rings is 1. The molecule has 2 amide bonds. The number of amides is 2. The molecule has 1 aliphatic carbocycles. The molecule has 1 aromatic carbocycles. The average Bonchev–Trinajstić information content (AvgIpc) is 3.50. The molecule has 0 aliphatic heterocycles. The Morgan fingerprint density at radius 1 is 1.07 bits per heavy atom. The zero-order valence-electron chi connectivity index (χ0n) is 14.7. The molecule has 2 aromatic rings. The maximum Gasteiger partial charge on any atom is 0.340 e. The Balaban J connectivity index is 1.45. The number of anilines is 1. The molecule has 8 heteroatoms. The van der Waals surface area contributed by atoms with Gasteiger partial charge in [0, 0.05) is 17.8 Å². The lowest BCUT2D eigenvalue weighted by molar-refractivity contribution is -0.123. The quantitative estimate of drug-likeness (QED) is 0.717. The first-order valence-corrected chi connectivity index (χ1v) is 8.43. The molecule has 2 N–H and O–H groups in total. The van der Waals surface area contributed by atoms with E-state index in [2.05, 4.69) is 15.6 Å². The van der Waals surface area contributed by atoms with Crippen molar-refractivity contribution in [2.75, 3.05) is 19.0 Å². The van der Waals surface area contributed by atoms with Crippen molar-refractivity contribution in [3.63, 3.8) is 0 Å². The van der Waals surface area contributed by atoms with Crippen LogP contribution >= 0.6 is 0 Å². The summed E-state index contributed by atoms with van der Waals surface area (Å²) in [6, 6.07) is 9.97. The van der Waals surface area contributed by atoms with Crippen molar-refractivity contribution in [2.24, 2.45) is 0 Å². The Kier molecular flexibility index (Phi) is 5.65. The van der Waals surface area contributed by atoms with Crippen molar-refractivity contribution in [2.45, 2.75) is 18.9 Å². The van der Waals surface area contributed by atoms with Crippen LogP contribution in [0.4, 0.5) is 5.82 Å². The fourth-order valence-corrected chi connectivity index (χ4v) is 2.23. The number of carbonyl (C=O) groups excluding carboxylic acids is 3. The van der Waals surface area contributed by atoms with Gasteiger partial charge in [0.25, 0.3) is 11.8 Å². The van der Waals surface area contributed by atoms with Gasteiger partial charge in [-0.1, -0.05) is 0 Å². The van der Waals surface area contributed by atoms with Crippen molar-refractivity contribution in [1.82, 2.24) is 10.3 Å². The largest absolute Gasteiger partial charge is 0.497 e. The highest BCUT2D eigenvalue weighted by Crippen LogP contribution is 2.23. The minimum absolute atomic E-state index is 0.227. The highest BCUT2D eigenvalue weighted by molar-refractivity contribution is 6.05. The number of nitrogens with zero attached hydrogens (tertiary/aromatic N) is 1. The highest BCUT2D eigenvalue weighted by atomic mass is 16.5. The van der Waals surface area contributed by atoms with Crippen LogP contribution in [0.5, 0.6) is 5.75 Å². The second-order valence-corrected chi connectivity index (χ2v) is 6.03. The highest BCUT2D eigenvalue weighted by Gasteiger charge is 2.21. The first-order valence-electron chi connectivity index (χ1n) is 8.43. The molecule has 0 spiro atoms. The van der Waals surface area contributed by atoms with Crippen molar-refractivity contribution < 1.29 is 23.9 Å². The van der Waals surface area contributed by atoms with Crippen LogP contribution < -0.4 is 15.4 Å². The predicted molar refractivity (Wildman–Crippen MR) is 96.6 cm³/mol. The van der Waals surface area contributed by atoms with Gasteiger partial charge in [0.05, 0.1) is 12.7 Å². The average molecular weight is 369 g/mol. The maximum atomic E-state index is 12.0. The number of hydrogen-bond acceptors (Lipinski definition) is 7. The summed E-state index contributed by atoms with van der Waals surface area (Å²) in [5.41, 5.74) is 0.518. The van der Waals surface area contributed by atoms with E-state index in [0.29, 0.717) is 23.2 Å². The number of ether oxygens (including phenoxy) is 2. The van der Waals surface area contributed by atoms with E-state index in [9.17, 15) is 14.4 Å². The Labute approximate surface area is 155 Å². The third-order valence-corrected chi connectivity index (χ3v) is 3.87. The molecule has 1 aromatic heterocycles. The molecule has 0 unspecified atom stereocenters. The maximum absolute atomic E-state index is 12.0. The molecule has 1 saturated carbocycles. The molecule has 1 heterocycles. The number of rotatable bonds is 7. The van der Waals surface area contributed by atoms with Crippen LogP contribution in [0.1, 0.15) is 33.6 Å². The summed E-state index contributed by atoms with van der Waals surface area (Å²) in [5.74, 6) is -0.705. The Morgan fingerprint density at radius 3 is 2.37 bits per heavy atom. The fourth-order valence-electron chi connectivity index (χ4n) is 2.23. The molecule has 8 nitrogen and oxygen atoms in total. The monoisotopic (exact) mass is 369 g/mol. The van der Waals surface area contributed by atoms with Crippen LogP contribution in [0, 0.1) is 0 Å². The van der Waals surface area contributed by atoms with Gasteiger partial charge in [-0.15, -0.1) is 0 Å².